The van der Waals surface area contributed by atoms with Crippen LogP contribution in [0.5, 0.6) is 0 Å². The number of halogens is 2. The number of benzene rings is 1. The van der Waals surface area contributed by atoms with Crippen LogP contribution in [0.25, 0.3) is 0 Å². The third kappa shape index (κ3) is 2.50. The van der Waals surface area contributed by atoms with Crippen molar-refractivity contribution in [3.8, 4) is 0 Å². The summed E-state index contributed by atoms with van der Waals surface area (Å²) in [7, 11) is 0. The highest BCUT2D eigenvalue weighted by molar-refractivity contribution is 9.10. The van der Waals surface area contributed by atoms with E-state index in [4.69, 9.17) is 5.11 Å². The highest BCUT2D eigenvalue weighted by atomic mass is 79.9. The maximum Gasteiger partial charge on any atom is 0.357 e. The van der Waals surface area contributed by atoms with Crippen molar-refractivity contribution in [3.05, 3.63) is 45.9 Å². The molecule has 1 aromatic carbocycles. The van der Waals surface area contributed by atoms with Crippen molar-refractivity contribution in [2.75, 3.05) is 0 Å². The molecule has 0 aliphatic heterocycles. The van der Waals surface area contributed by atoms with Gasteiger partial charge in [-0.05, 0) is 33.6 Å². The monoisotopic (exact) mass is 299 g/mol. The van der Waals surface area contributed by atoms with Crippen LogP contribution in [0, 0.1) is 5.82 Å². The van der Waals surface area contributed by atoms with Crippen molar-refractivity contribution >= 4 is 21.9 Å². The summed E-state index contributed by atoms with van der Waals surface area (Å²) in [4.78, 5) is 11.0. The molecule has 5 nitrogen and oxygen atoms in total. The van der Waals surface area contributed by atoms with Gasteiger partial charge in [0.25, 0.3) is 0 Å². The van der Waals surface area contributed by atoms with Gasteiger partial charge in [0, 0.05) is 0 Å². The van der Waals surface area contributed by atoms with Crippen molar-refractivity contribution in [1.29, 1.82) is 0 Å². The molecule has 0 bridgehead atoms. The molecule has 0 aliphatic rings. The van der Waals surface area contributed by atoms with Gasteiger partial charge >= 0.3 is 5.97 Å². The molecule has 0 fully saturated rings. The zero-order valence-corrected chi connectivity index (χ0v) is 10.1. The summed E-state index contributed by atoms with van der Waals surface area (Å²) in [6.07, 6.45) is 0. The summed E-state index contributed by atoms with van der Waals surface area (Å²) >= 11 is 3.01. The summed E-state index contributed by atoms with van der Waals surface area (Å²) in [5.41, 5.74) is 0.709. The highest BCUT2D eigenvalue weighted by Gasteiger charge is 2.17. The smallest absolute Gasteiger partial charge is 0.357 e. The molecule has 0 unspecified atom stereocenters. The van der Waals surface area contributed by atoms with E-state index in [1.807, 2.05) is 0 Å². The molecule has 2 aromatic rings. The number of carboxylic acids is 1. The Labute approximate surface area is 104 Å². The fourth-order valence-corrected chi connectivity index (χ4v) is 1.81. The van der Waals surface area contributed by atoms with Crippen LogP contribution in [0.15, 0.2) is 28.9 Å². The Kier molecular flexibility index (Phi) is 3.19. The van der Waals surface area contributed by atoms with E-state index in [0.717, 1.165) is 5.56 Å². The van der Waals surface area contributed by atoms with E-state index in [0.29, 0.717) is 0 Å². The van der Waals surface area contributed by atoms with Crippen molar-refractivity contribution in [3.63, 3.8) is 0 Å². The molecule has 88 valence electrons. The third-order valence-electron chi connectivity index (χ3n) is 2.14. The first-order valence-corrected chi connectivity index (χ1v) is 5.44. The molecule has 0 spiro atoms. The molecular formula is C10H7BrFN3O2. The van der Waals surface area contributed by atoms with Crippen molar-refractivity contribution in [1.82, 2.24) is 15.0 Å². The van der Waals surface area contributed by atoms with Crippen molar-refractivity contribution in [2.45, 2.75) is 6.54 Å². The minimum Gasteiger partial charge on any atom is -0.476 e. The number of hydrogen-bond acceptors (Lipinski definition) is 3. The molecular weight excluding hydrogens is 293 g/mol. The van der Waals surface area contributed by atoms with Gasteiger partial charge in [-0.2, -0.15) is 0 Å². The Bertz CT molecular complexity index is 553. The van der Waals surface area contributed by atoms with Crippen LogP contribution in [0.1, 0.15) is 16.1 Å². The van der Waals surface area contributed by atoms with E-state index < -0.39 is 5.97 Å². The van der Waals surface area contributed by atoms with E-state index in [2.05, 4.69) is 26.2 Å². The van der Waals surface area contributed by atoms with Gasteiger partial charge in [0.1, 0.15) is 5.82 Å². The van der Waals surface area contributed by atoms with Crippen LogP contribution in [0.4, 0.5) is 4.39 Å². The maximum absolute atomic E-state index is 12.7. The molecule has 1 N–H and O–H groups in total. The van der Waals surface area contributed by atoms with Crippen molar-refractivity contribution in [2.24, 2.45) is 0 Å². The maximum atomic E-state index is 12.7. The Balaban J connectivity index is 2.30. The second-order valence-electron chi connectivity index (χ2n) is 3.32. The van der Waals surface area contributed by atoms with E-state index >= 15 is 0 Å². The summed E-state index contributed by atoms with van der Waals surface area (Å²) in [6, 6.07) is 5.75. The molecule has 1 heterocycles. The number of rotatable bonds is 3. The van der Waals surface area contributed by atoms with E-state index in [9.17, 15) is 9.18 Å². The summed E-state index contributed by atoms with van der Waals surface area (Å²) in [6.45, 7) is 0.223. The van der Waals surface area contributed by atoms with Crippen LogP contribution in [-0.4, -0.2) is 26.1 Å². The Morgan fingerprint density at radius 1 is 1.41 bits per heavy atom. The number of aromatic carboxylic acids is 1. The van der Waals surface area contributed by atoms with Crippen LogP contribution in [-0.2, 0) is 6.54 Å². The fourth-order valence-electron chi connectivity index (χ4n) is 1.36. The van der Waals surface area contributed by atoms with Gasteiger partial charge in [-0.1, -0.05) is 17.3 Å². The molecule has 0 atom stereocenters. The first-order valence-electron chi connectivity index (χ1n) is 4.64. The molecule has 1 aromatic heterocycles. The molecule has 0 radical (unpaired) electrons. The first kappa shape index (κ1) is 11.7. The standard InChI is InChI=1S/C10H7BrFN3O2/c11-9-8(10(16)17)15(14-13-9)5-6-1-3-7(12)4-2-6/h1-4H,5H2,(H,16,17). The summed E-state index contributed by atoms with van der Waals surface area (Å²) in [5, 5.41) is 16.3. The number of carboxylic acid groups (broad SMARTS) is 1. The zero-order valence-electron chi connectivity index (χ0n) is 8.47. The largest absolute Gasteiger partial charge is 0.476 e. The molecule has 0 saturated carbocycles. The Hall–Kier alpha value is -1.76. The van der Waals surface area contributed by atoms with Crippen molar-refractivity contribution < 1.29 is 14.3 Å². The highest BCUT2D eigenvalue weighted by Crippen LogP contribution is 2.14. The Morgan fingerprint density at radius 3 is 2.65 bits per heavy atom. The van der Waals surface area contributed by atoms with Gasteiger partial charge in [0.05, 0.1) is 6.54 Å². The van der Waals surface area contributed by atoms with Gasteiger partial charge < -0.3 is 5.11 Å². The van der Waals surface area contributed by atoms with Gasteiger partial charge in [0.15, 0.2) is 10.3 Å². The fraction of sp³-hybridized carbons (Fsp3) is 0.100. The normalized spacial score (nSPS) is 10.5. The van der Waals surface area contributed by atoms with E-state index in [-0.39, 0.29) is 22.7 Å². The summed E-state index contributed by atoms with van der Waals surface area (Å²) in [5.74, 6) is -1.46. The average Bonchev–Trinajstić information content (AvgIpc) is 2.63. The number of carbonyl (C=O) groups is 1. The quantitative estimate of drug-likeness (QED) is 0.940. The minimum absolute atomic E-state index is 0.0330. The number of hydrogen-bond donors (Lipinski definition) is 1. The minimum atomic E-state index is -1.12. The van der Waals surface area contributed by atoms with Gasteiger partial charge in [-0.25, -0.2) is 13.9 Å². The van der Waals surface area contributed by atoms with E-state index in [1.54, 1.807) is 12.1 Å². The van der Waals surface area contributed by atoms with Crippen LogP contribution < -0.4 is 0 Å². The lowest BCUT2D eigenvalue weighted by Crippen LogP contribution is -2.11. The first-order chi connectivity index (χ1) is 8.08. The third-order valence-corrected chi connectivity index (χ3v) is 2.68. The lowest BCUT2D eigenvalue weighted by Gasteiger charge is -2.03. The van der Waals surface area contributed by atoms with Gasteiger partial charge in [-0.15, -0.1) is 5.10 Å². The topological polar surface area (TPSA) is 68.0 Å². The second-order valence-corrected chi connectivity index (χ2v) is 4.07. The van der Waals surface area contributed by atoms with Crippen LogP contribution in [0.3, 0.4) is 0 Å². The molecule has 2 rings (SSSR count). The van der Waals surface area contributed by atoms with Crippen LogP contribution >= 0.6 is 15.9 Å². The van der Waals surface area contributed by atoms with E-state index in [1.165, 1.54) is 16.8 Å². The lowest BCUT2D eigenvalue weighted by molar-refractivity contribution is 0.0683. The molecule has 0 aliphatic carbocycles. The molecule has 0 saturated heterocycles. The second kappa shape index (κ2) is 4.62. The zero-order chi connectivity index (χ0) is 12.4. The molecule has 0 amide bonds. The van der Waals surface area contributed by atoms with Crippen LogP contribution in [0.2, 0.25) is 0 Å². The predicted molar refractivity (Wildman–Crippen MR) is 60.2 cm³/mol. The number of nitrogens with zero attached hydrogens (tertiary/aromatic N) is 3. The number of aromatic nitrogens is 3. The summed E-state index contributed by atoms with van der Waals surface area (Å²) < 4.78 is 14.1. The molecule has 7 heteroatoms. The SMILES string of the molecule is O=C(O)c1c(Br)nnn1Cc1ccc(F)cc1. The molecule has 17 heavy (non-hydrogen) atoms. The predicted octanol–water partition coefficient (Wildman–Crippen LogP) is 1.93. The van der Waals surface area contributed by atoms with Gasteiger partial charge in [-0.3, -0.25) is 0 Å². The van der Waals surface area contributed by atoms with Gasteiger partial charge in [0.2, 0.25) is 0 Å². The Morgan fingerprint density at radius 2 is 2.06 bits per heavy atom. The average molecular weight is 300 g/mol. The lowest BCUT2D eigenvalue weighted by atomic mass is 10.2.